The molecule has 2 aliphatic heterocycles. The van der Waals surface area contributed by atoms with Crippen molar-refractivity contribution in [1.29, 1.82) is 0 Å². The number of hydrogen-bond acceptors (Lipinski definition) is 7. The minimum Gasteiger partial charge on any atom is -0.442 e. The number of benzene rings is 1. The van der Waals surface area contributed by atoms with E-state index < -0.39 is 12.0 Å². The van der Waals surface area contributed by atoms with Gasteiger partial charge in [-0.15, -0.1) is 0 Å². The van der Waals surface area contributed by atoms with Crippen LogP contribution in [0, 0.1) is 0 Å². The van der Waals surface area contributed by atoms with Crippen LogP contribution in [0.15, 0.2) is 42.7 Å². The average Bonchev–Trinajstić information content (AvgIpc) is 3.08. The van der Waals surface area contributed by atoms with E-state index in [2.05, 4.69) is 20.3 Å². The molecule has 1 unspecified atom stereocenters. The molecule has 2 amide bonds. The van der Waals surface area contributed by atoms with E-state index >= 15 is 0 Å². The lowest BCUT2D eigenvalue weighted by molar-refractivity contribution is 0.0188. The number of amides is 2. The van der Waals surface area contributed by atoms with E-state index in [-0.39, 0.29) is 11.7 Å². The monoisotopic (exact) mass is 383 g/mol. The second kappa shape index (κ2) is 8.32. The minimum absolute atomic E-state index is 0.268. The Bertz CT molecular complexity index is 824. The lowest BCUT2D eigenvalue weighted by Crippen LogP contribution is -2.45. The van der Waals surface area contributed by atoms with E-state index in [1.54, 1.807) is 0 Å². The Morgan fingerprint density at radius 2 is 1.86 bits per heavy atom. The fourth-order valence-corrected chi connectivity index (χ4v) is 3.15. The number of carbonyl (C=O) groups is 2. The molecular weight excluding hydrogens is 362 g/mol. The molecule has 1 N–H and O–H groups in total. The summed E-state index contributed by atoms with van der Waals surface area (Å²) in [6.45, 7) is 3.90. The van der Waals surface area contributed by atoms with Gasteiger partial charge in [0.15, 0.2) is 5.82 Å². The van der Waals surface area contributed by atoms with Crippen LogP contribution in [0.4, 0.5) is 4.79 Å². The number of ether oxygens (including phenoxy) is 2. The maximum Gasteiger partial charge on any atom is 0.429 e. The van der Waals surface area contributed by atoms with Crippen LogP contribution in [-0.2, 0) is 9.47 Å². The fourth-order valence-electron chi connectivity index (χ4n) is 3.15. The lowest BCUT2D eigenvalue weighted by Gasteiger charge is -2.27. The number of morpholine rings is 1. The Morgan fingerprint density at radius 3 is 2.57 bits per heavy atom. The van der Waals surface area contributed by atoms with Gasteiger partial charge in [-0.25, -0.2) is 19.8 Å². The Labute approximate surface area is 162 Å². The van der Waals surface area contributed by atoms with Crippen molar-refractivity contribution in [3.8, 4) is 11.4 Å². The van der Waals surface area contributed by atoms with Crippen molar-refractivity contribution in [3.05, 3.63) is 48.3 Å². The quantitative estimate of drug-likeness (QED) is 0.821. The maximum atomic E-state index is 12.4. The highest BCUT2D eigenvalue weighted by Gasteiger charge is 2.34. The first-order valence-electron chi connectivity index (χ1n) is 9.16. The molecule has 9 heteroatoms. The summed E-state index contributed by atoms with van der Waals surface area (Å²) in [7, 11) is 0. The van der Waals surface area contributed by atoms with E-state index in [0.29, 0.717) is 32.1 Å². The van der Waals surface area contributed by atoms with Crippen LogP contribution in [0.3, 0.4) is 0 Å². The summed E-state index contributed by atoms with van der Waals surface area (Å²) in [5.41, 5.74) is 3.70. The molecule has 0 spiro atoms. The van der Waals surface area contributed by atoms with Gasteiger partial charge in [0.25, 0.3) is 5.91 Å². The second-order valence-corrected chi connectivity index (χ2v) is 6.63. The van der Waals surface area contributed by atoms with E-state index in [0.717, 1.165) is 18.7 Å². The Balaban J connectivity index is 1.33. The smallest absolute Gasteiger partial charge is 0.429 e. The van der Waals surface area contributed by atoms with E-state index in [1.165, 1.54) is 17.4 Å². The highest BCUT2D eigenvalue weighted by Crippen LogP contribution is 2.14. The molecule has 2 aliphatic rings. The number of hydrogen-bond donors (Lipinski definition) is 1. The van der Waals surface area contributed by atoms with Crippen molar-refractivity contribution in [2.24, 2.45) is 0 Å². The molecule has 1 aromatic heterocycles. The van der Waals surface area contributed by atoms with Crippen molar-refractivity contribution >= 4 is 12.0 Å². The minimum atomic E-state index is -0.562. The van der Waals surface area contributed by atoms with Crippen LogP contribution in [-0.4, -0.2) is 77.4 Å². The molecule has 28 heavy (non-hydrogen) atoms. The average molecular weight is 383 g/mol. The molecule has 2 aromatic rings. The fraction of sp³-hybridized carbons (Fsp3) is 0.368. The largest absolute Gasteiger partial charge is 0.442 e. The summed E-state index contributed by atoms with van der Waals surface area (Å²) in [5, 5.41) is 1.19. The molecule has 4 rings (SSSR count). The topological polar surface area (TPSA) is 96.9 Å². The first kappa shape index (κ1) is 18.3. The van der Waals surface area contributed by atoms with Crippen molar-refractivity contribution in [3.63, 3.8) is 0 Å². The van der Waals surface area contributed by atoms with E-state index in [9.17, 15) is 9.59 Å². The molecule has 0 radical (unpaired) electrons. The standard InChI is InChI=1S/C19H21N5O4/c25-18(15-10-20-17(21-11-15)14-4-2-1-3-5-14)22-24-13-16(28-19(24)26)12-23-6-8-27-9-7-23/h1-5,10-11,16H,6-9,12-13H2,(H,22,25). The third kappa shape index (κ3) is 4.26. The molecule has 9 nitrogen and oxygen atoms in total. The summed E-state index contributed by atoms with van der Waals surface area (Å²) in [6, 6.07) is 9.48. The summed E-state index contributed by atoms with van der Waals surface area (Å²) in [5.74, 6) is 0.0758. The number of nitrogens with zero attached hydrogens (tertiary/aromatic N) is 4. The van der Waals surface area contributed by atoms with E-state index in [1.807, 2.05) is 30.3 Å². The highest BCUT2D eigenvalue weighted by molar-refractivity contribution is 5.94. The summed E-state index contributed by atoms with van der Waals surface area (Å²) in [4.78, 5) is 35.1. The zero-order valence-corrected chi connectivity index (χ0v) is 15.3. The number of hydrazine groups is 1. The second-order valence-electron chi connectivity index (χ2n) is 6.63. The number of aromatic nitrogens is 2. The molecule has 0 aliphatic carbocycles. The third-order valence-corrected chi connectivity index (χ3v) is 4.62. The Morgan fingerprint density at radius 1 is 1.14 bits per heavy atom. The van der Waals surface area contributed by atoms with Gasteiger partial charge < -0.3 is 9.47 Å². The van der Waals surface area contributed by atoms with Gasteiger partial charge in [-0.2, -0.15) is 0 Å². The van der Waals surface area contributed by atoms with Crippen molar-refractivity contribution in [1.82, 2.24) is 25.3 Å². The van der Waals surface area contributed by atoms with Crippen LogP contribution in [0.2, 0.25) is 0 Å². The van der Waals surface area contributed by atoms with Crippen LogP contribution >= 0.6 is 0 Å². The number of nitrogens with one attached hydrogen (secondary N) is 1. The molecule has 1 atom stereocenters. The van der Waals surface area contributed by atoms with Crippen molar-refractivity contribution in [2.45, 2.75) is 6.10 Å². The van der Waals surface area contributed by atoms with E-state index in [4.69, 9.17) is 9.47 Å². The Kier molecular flexibility index (Phi) is 5.45. The lowest BCUT2D eigenvalue weighted by atomic mass is 10.2. The SMILES string of the molecule is O=C(NN1CC(CN2CCOCC2)OC1=O)c1cnc(-c2ccccc2)nc1. The third-order valence-electron chi connectivity index (χ3n) is 4.62. The number of cyclic esters (lactones) is 1. The molecule has 2 saturated heterocycles. The predicted molar refractivity (Wildman–Crippen MR) is 99.2 cm³/mol. The molecule has 146 valence electrons. The molecule has 0 saturated carbocycles. The molecule has 0 bridgehead atoms. The first-order valence-corrected chi connectivity index (χ1v) is 9.16. The van der Waals surface area contributed by atoms with Gasteiger partial charge in [-0.05, 0) is 0 Å². The molecule has 3 heterocycles. The van der Waals surface area contributed by atoms with Gasteiger partial charge >= 0.3 is 6.09 Å². The summed E-state index contributed by atoms with van der Waals surface area (Å²) < 4.78 is 10.7. The van der Waals surface area contributed by atoms with Crippen LogP contribution in [0.5, 0.6) is 0 Å². The van der Waals surface area contributed by atoms with Crippen LogP contribution in [0.1, 0.15) is 10.4 Å². The highest BCUT2D eigenvalue weighted by atomic mass is 16.6. The predicted octanol–water partition coefficient (Wildman–Crippen LogP) is 0.941. The summed E-state index contributed by atoms with van der Waals surface area (Å²) >= 11 is 0. The van der Waals surface area contributed by atoms with Crippen molar-refractivity contribution in [2.75, 3.05) is 39.4 Å². The van der Waals surface area contributed by atoms with Gasteiger partial charge in [-0.1, -0.05) is 30.3 Å². The van der Waals surface area contributed by atoms with Gasteiger partial charge in [-0.3, -0.25) is 15.1 Å². The first-order chi connectivity index (χ1) is 13.7. The molecular formula is C19H21N5O4. The number of carbonyl (C=O) groups excluding carboxylic acids is 2. The molecule has 1 aromatic carbocycles. The molecule has 2 fully saturated rings. The summed E-state index contributed by atoms with van der Waals surface area (Å²) in [6.07, 6.45) is 2.03. The Hall–Kier alpha value is -3.04. The van der Waals surface area contributed by atoms with Crippen molar-refractivity contribution < 1.29 is 19.1 Å². The van der Waals surface area contributed by atoms with Crippen LogP contribution < -0.4 is 5.43 Å². The van der Waals surface area contributed by atoms with Gasteiger partial charge in [0, 0.05) is 37.6 Å². The maximum absolute atomic E-state index is 12.4. The van der Waals surface area contributed by atoms with Crippen LogP contribution in [0.25, 0.3) is 11.4 Å². The number of rotatable bonds is 5. The zero-order chi connectivity index (χ0) is 19.3. The normalized spacial score (nSPS) is 20.1. The van der Waals surface area contributed by atoms with Gasteiger partial charge in [0.2, 0.25) is 0 Å². The van der Waals surface area contributed by atoms with Gasteiger partial charge in [0.1, 0.15) is 6.10 Å². The zero-order valence-electron chi connectivity index (χ0n) is 15.3. The van der Waals surface area contributed by atoms with Gasteiger partial charge in [0.05, 0.1) is 25.3 Å².